The monoisotopic (exact) mass is 472 g/mol. The van der Waals surface area contributed by atoms with E-state index < -0.39 is 6.04 Å². The minimum Gasteiger partial charge on any atom is -0.497 e. The number of hydrogen-bond acceptors (Lipinski definition) is 7. The number of fused-ring (bicyclic) bond motifs is 2. The highest BCUT2D eigenvalue weighted by molar-refractivity contribution is 5.80. The molecule has 0 aliphatic carbocycles. The van der Waals surface area contributed by atoms with Crippen molar-refractivity contribution in [3.63, 3.8) is 0 Å². The Morgan fingerprint density at radius 2 is 2.09 bits per heavy atom. The zero-order valence-corrected chi connectivity index (χ0v) is 19.7. The van der Waals surface area contributed by atoms with Gasteiger partial charge in [-0.15, -0.1) is 5.10 Å². The minimum absolute atomic E-state index is 0.0855. The maximum absolute atomic E-state index is 13.5. The number of aromatic nitrogens is 5. The summed E-state index contributed by atoms with van der Waals surface area (Å²) in [6.07, 6.45) is 3.02. The molecule has 2 aromatic heterocycles. The van der Waals surface area contributed by atoms with Gasteiger partial charge in [-0.2, -0.15) is 0 Å². The van der Waals surface area contributed by atoms with E-state index in [2.05, 4.69) is 49.7 Å². The molecule has 1 saturated heterocycles. The highest BCUT2D eigenvalue weighted by Gasteiger charge is 2.33. The standard InChI is InChI=1S/C26H28N6O3/c1-34-20-9-8-18-13-22(26(33)27-23(18)14-20)24(31-11-10-17-5-2-3-6-19(17)15-31)25-28-29-30-32(25)16-21-7-4-12-35-21/h2-3,5-6,8-9,13-14,21,24H,4,7,10-12,15-16H2,1H3,(H,27,33)/t21-,24-/m0/s1. The summed E-state index contributed by atoms with van der Waals surface area (Å²) in [6, 6.07) is 15.8. The second-order valence-corrected chi connectivity index (χ2v) is 9.25. The van der Waals surface area contributed by atoms with Crippen molar-refractivity contribution in [3.05, 3.63) is 81.4 Å². The predicted octanol–water partition coefficient (Wildman–Crippen LogP) is 2.85. The lowest BCUT2D eigenvalue weighted by Gasteiger charge is -2.35. The molecule has 1 fully saturated rings. The van der Waals surface area contributed by atoms with E-state index in [0.29, 0.717) is 30.2 Å². The first-order chi connectivity index (χ1) is 17.2. The number of aromatic amines is 1. The number of hydrogen-bond donors (Lipinski definition) is 1. The number of rotatable bonds is 6. The van der Waals surface area contributed by atoms with Crippen molar-refractivity contribution in [1.29, 1.82) is 0 Å². The molecule has 9 nitrogen and oxygen atoms in total. The number of nitrogens with zero attached hydrogens (tertiary/aromatic N) is 5. The topological polar surface area (TPSA) is 98.2 Å². The van der Waals surface area contributed by atoms with Crippen molar-refractivity contribution in [2.75, 3.05) is 20.3 Å². The minimum atomic E-state index is -0.394. The van der Waals surface area contributed by atoms with Gasteiger partial charge >= 0.3 is 0 Å². The average Bonchev–Trinajstić information content (AvgIpc) is 3.57. The number of methoxy groups -OCH3 is 1. The SMILES string of the molecule is COc1ccc2cc([C@@H](c3nnnn3C[C@@H]3CCCO3)N3CCc4ccccc4C3)c(=O)[nH]c2c1. The summed E-state index contributed by atoms with van der Waals surface area (Å²) in [5.74, 6) is 1.36. The first kappa shape index (κ1) is 21.9. The normalized spacial score (nSPS) is 19.1. The van der Waals surface area contributed by atoms with Crippen LogP contribution in [0.5, 0.6) is 5.75 Å². The molecule has 0 saturated carbocycles. The summed E-state index contributed by atoms with van der Waals surface area (Å²) >= 11 is 0. The molecule has 0 spiro atoms. The van der Waals surface area contributed by atoms with Crippen LogP contribution < -0.4 is 10.3 Å². The first-order valence-corrected chi connectivity index (χ1v) is 12.1. The summed E-state index contributed by atoms with van der Waals surface area (Å²) in [5.41, 5.74) is 3.83. The van der Waals surface area contributed by atoms with Gasteiger partial charge in [0.2, 0.25) is 0 Å². The molecule has 6 rings (SSSR count). The Bertz CT molecular complexity index is 1410. The Balaban J connectivity index is 1.45. The van der Waals surface area contributed by atoms with E-state index in [9.17, 15) is 4.79 Å². The third-order valence-corrected chi connectivity index (χ3v) is 7.11. The number of pyridine rings is 1. The van der Waals surface area contributed by atoms with Crippen LogP contribution in [-0.2, 0) is 24.2 Å². The van der Waals surface area contributed by atoms with Gasteiger partial charge in [0.15, 0.2) is 5.82 Å². The molecule has 0 radical (unpaired) electrons. The number of H-pyrrole nitrogens is 1. The van der Waals surface area contributed by atoms with Gasteiger partial charge in [0.05, 0.1) is 25.3 Å². The molecule has 180 valence electrons. The largest absolute Gasteiger partial charge is 0.497 e. The smallest absolute Gasteiger partial charge is 0.253 e. The Morgan fingerprint density at radius 3 is 2.91 bits per heavy atom. The Hall–Kier alpha value is -3.56. The van der Waals surface area contributed by atoms with Gasteiger partial charge in [0, 0.05) is 31.3 Å². The molecule has 4 aromatic rings. The van der Waals surface area contributed by atoms with E-state index >= 15 is 0 Å². The molecule has 0 bridgehead atoms. The highest BCUT2D eigenvalue weighted by atomic mass is 16.5. The van der Waals surface area contributed by atoms with Gasteiger partial charge in [0.25, 0.3) is 5.56 Å². The molecule has 2 aliphatic heterocycles. The third kappa shape index (κ3) is 4.21. The molecular formula is C26H28N6O3. The van der Waals surface area contributed by atoms with Gasteiger partial charge < -0.3 is 14.5 Å². The van der Waals surface area contributed by atoms with Crippen molar-refractivity contribution in [1.82, 2.24) is 30.1 Å². The third-order valence-electron chi connectivity index (χ3n) is 7.11. The number of tetrazole rings is 1. The van der Waals surface area contributed by atoms with Crippen LogP contribution in [0.15, 0.2) is 53.3 Å². The Kier molecular flexibility index (Phi) is 5.79. The fraction of sp³-hybridized carbons (Fsp3) is 0.385. The van der Waals surface area contributed by atoms with Crippen molar-refractivity contribution >= 4 is 10.9 Å². The lowest BCUT2D eigenvalue weighted by molar-refractivity contribution is 0.0904. The highest BCUT2D eigenvalue weighted by Crippen LogP contribution is 2.32. The Labute approximate surface area is 202 Å². The number of benzene rings is 2. The molecule has 0 unspecified atom stereocenters. The quantitative estimate of drug-likeness (QED) is 0.461. The number of nitrogens with one attached hydrogen (secondary N) is 1. The molecule has 1 N–H and O–H groups in total. The molecule has 9 heteroatoms. The number of ether oxygens (including phenoxy) is 2. The molecule has 35 heavy (non-hydrogen) atoms. The zero-order chi connectivity index (χ0) is 23.8. The van der Waals surface area contributed by atoms with Crippen LogP contribution in [0.2, 0.25) is 0 Å². The second-order valence-electron chi connectivity index (χ2n) is 9.25. The van der Waals surface area contributed by atoms with Crippen molar-refractivity contribution in [3.8, 4) is 5.75 Å². The van der Waals surface area contributed by atoms with Crippen LogP contribution in [0.3, 0.4) is 0 Å². The summed E-state index contributed by atoms with van der Waals surface area (Å²) in [5, 5.41) is 13.7. The van der Waals surface area contributed by atoms with Crippen LogP contribution in [0.4, 0.5) is 0 Å². The van der Waals surface area contributed by atoms with Gasteiger partial charge in [-0.1, -0.05) is 24.3 Å². The summed E-state index contributed by atoms with van der Waals surface area (Å²) < 4.78 is 13.0. The maximum Gasteiger partial charge on any atom is 0.253 e. The fourth-order valence-electron chi connectivity index (χ4n) is 5.28. The molecular weight excluding hydrogens is 444 g/mol. The first-order valence-electron chi connectivity index (χ1n) is 12.1. The summed E-state index contributed by atoms with van der Waals surface area (Å²) in [6.45, 7) is 2.86. The lowest BCUT2D eigenvalue weighted by Crippen LogP contribution is -2.39. The van der Waals surface area contributed by atoms with Crippen LogP contribution >= 0.6 is 0 Å². The van der Waals surface area contributed by atoms with Crippen molar-refractivity contribution in [2.24, 2.45) is 0 Å². The molecule has 2 atom stereocenters. The van der Waals surface area contributed by atoms with Gasteiger partial charge in [-0.05, 0) is 64.4 Å². The lowest BCUT2D eigenvalue weighted by atomic mass is 9.96. The van der Waals surface area contributed by atoms with E-state index in [1.54, 1.807) is 7.11 Å². The molecule has 2 aromatic carbocycles. The van der Waals surface area contributed by atoms with E-state index in [0.717, 1.165) is 43.3 Å². The fourth-order valence-corrected chi connectivity index (χ4v) is 5.28. The molecule has 2 aliphatic rings. The second kappa shape index (κ2) is 9.24. The van der Waals surface area contributed by atoms with E-state index in [-0.39, 0.29) is 11.7 Å². The van der Waals surface area contributed by atoms with Gasteiger partial charge in [-0.25, -0.2) is 4.68 Å². The van der Waals surface area contributed by atoms with Crippen LogP contribution in [0.25, 0.3) is 10.9 Å². The van der Waals surface area contributed by atoms with E-state index in [1.165, 1.54) is 11.1 Å². The zero-order valence-electron chi connectivity index (χ0n) is 19.7. The van der Waals surface area contributed by atoms with Gasteiger partial charge in [0.1, 0.15) is 11.8 Å². The van der Waals surface area contributed by atoms with Crippen LogP contribution in [-0.4, -0.2) is 56.5 Å². The predicted molar refractivity (Wildman–Crippen MR) is 130 cm³/mol. The van der Waals surface area contributed by atoms with Crippen LogP contribution in [0, 0.1) is 0 Å². The van der Waals surface area contributed by atoms with Crippen LogP contribution in [0.1, 0.15) is 41.4 Å². The Morgan fingerprint density at radius 1 is 1.20 bits per heavy atom. The summed E-state index contributed by atoms with van der Waals surface area (Å²) in [7, 11) is 1.62. The molecule has 0 amide bonds. The average molecular weight is 473 g/mol. The van der Waals surface area contributed by atoms with Gasteiger partial charge in [-0.3, -0.25) is 9.69 Å². The van der Waals surface area contributed by atoms with Crippen molar-refractivity contribution in [2.45, 2.75) is 44.5 Å². The molecule has 4 heterocycles. The van der Waals surface area contributed by atoms with E-state index in [4.69, 9.17) is 9.47 Å². The van der Waals surface area contributed by atoms with E-state index in [1.807, 2.05) is 28.9 Å². The van der Waals surface area contributed by atoms with Crippen molar-refractivity contribution < 1.29 is 9.47 Å². The maximum atomic E-state index is 13.5. The summed E-state index contributed by atoms with van der Waals surface area (Å²) in [4.78, 5) is 18.9.